The molecular formula is C12H20O2. The minimum atomic E-state index is -0.573. The molecule has 2 nitrogen and oxygen atoms in total. The van der Waals surface area contributed by atoms with E-state index in [1.165, 1.54) is 18.4 Å². The van der Waals surface area contributed by atoms with Crippen molar-refractivity contribution in [3.05, 3.63) is 12.2 Å². The maximum Gasteiger partial charge on any atom is 0.155 e. The van der Waals surface area contributed by atoms with Gasteiger partial charge >= 0.3 is 0 Å². The first-order chi connectivity index (χ1) is 6.62. The van der Waals surface area contributed by atoms with E-state index in [1.807, 2.05) is 0 Å². The van der Waals surface area contributed by atoms with Gasteiger partial charge in [0.05, 0.1) is 6.61 Å². The van der Waals surface area contributed by atoms with Crippen molar-refractivity contribution in [2.24, 2.45) is 11.3 Å². The summed E-state index contributed by atoms with van der Waals surface area (Å²) in [5.41, 5.74) is 1.65. The first-order valence-electron chi connectivity index (χ1n) is 5.59. The highest BCUT2D eigenvalue weighted by molar-refractivity contribution is 5.11. The van der Waals surface area contributed by atoms with Gasteiger partial charge in [-0.1, -0.05) is 19.1 Å². The lowest BCUT2D eigenvalue weighted by Gasteiger charge is -2.41. The Bertz CT molecular complexity index is 236. The molecule has 3 atom stereocenters. The van der Waals surface area contributed by atoms with Gasteiger partial charge in [0.25, 0.3) is 0 Å². The van der Waals surface area contributed by atoms with E-state index < -0.39 is 6.29 Å². The summed E-state index contributed by atoms with van der Waals surface area (Å²) in [6.45, 7) is 7.17. The Labute approximate surface area is 86.0 Å². The molecule has 2 heteroatoms. The maximum atomic E-state index is 9.60. The van der Waals surface area contributed by atoms with Crippen LogP contribution < -0.4 is 0 Å². The zero-order valence-corrected chi connectivity index (χ0v) is 8.96. The Kier molecular flexibility index (Phi) is 2.67. The maximum absolute atomic E-state index is 9.60. The van der Waals surface area contributed by atoms with Gasteiger partial charge in [-0.15, -0.1) is 0 Å². The Morgan fingerprint density at radius 2 is 2.29 bits per heavy atom. The lowest BCUT2D eigenvalue weighted by Crippen LogP contribution is -2.32. The van der Waals surface area contributed by atoms with E-state index >= 15 is 0 Å². The topological polar surface area (TPSA) is 29.5 Å². The van der Waals surface area contributed by atoms with Crippen LogP contribution in [0.4, 0.5) is 0 Å². The summed E-state index contributed by atoms with van der Waals surface area (Å²) >= 11 is 0. The third kappa shape index (κ3) is 1.73. The van der Waals surface area contributed by atoms with Gasteiger partial charge in [-0.2, -0.15) is 0 Å². The van der Waals surface area contributed by atoms with Crippen LogP contribution in [0.3, 0.4) is 0 Å². The van der Waals surface area contributed by atoms with E-state index in [9.17, 15) is 5.11 Å². The molecule has 0 amide bonds. The predicted octanol–water partition coefficient (Wildman–Crippen LogP) is 2.48. The summed E-state index contributed by atoms with van der Waals surface area (Å²) in [4.78, 5) is 0. The molecule has 2 fully saturated rings. The van der Waals surface area contributed by atoms with Crippen LogP contribution in [0.25, 0.3) is 0 Å². The molecule has 0 aromatic heterocycles. The van der Waals surface area contributed by atoms with Crippen LogP contribution in [0.15, 0.2) is 12.2 Å². The lowest BCUT2D eigenvalue weighted by molar-refractivity contribution is -0.0988. The average Bonchev–Trinajstić information content (AvgIpc) is 2.25. The summed E-state index contributed by atoms with van der Waals surface area (Å²) in [7, 11) is 0. The molecule has 1 saturated heterocycles. The highest BCUT2D eigenvalue weighted by Crippen LogP contribution is 2.49. The van der Waals surface area contributed by atoms with Gasteiger partial charge in [-0.3, -0.25) is 0 Å². The number of aliphatic hydroxyl groups is 1. The summed E-state index contributed by atoms with van der Waals surface area (Å²) < 4.78 is 5.32. The minimum absolute atomic E-state index is 0.326. The summed E-state index contributed by atoms with van der Waals surface area (Å²) in [5, 5.41) is 9.60. The molecule has 2 rings (SSSR count). The number of ether oxygens (including phenoxy) is 1. The van der Waals surface area contributed by atoms with Crippen LogP contribution in [0.1, 0.15) is 39.0 Å². The summed E-state index contributed by atoms with van der Waals surface area (Å²) in [5.74, 6) is 0.466. The monoisotopic (exact) mass is 196 g/mol. The van der Waals surface area contributed by atoms with E-state index in [0.717, 1.165) is 19.3 Å². The van der Waals surface area contributed by atoms with Crippen LogP contribution in [-0.4, -0.2) is 18.0 Å². The van der Waals surface area contributed by atoms with Gasteiger partial charge in [-0.05, 0) is 37.0 Å². The number of fused-ring (bicyclic) bond motifs is 1. The van der Waals surface area contributed by atoms with Crippen molar-refractivity contribution in [3.8, 4) is 0 Å². The second-order valence-electron chi connectivity index (χ2n) is 5.03. The third-order valence-corrected chi connectivity index (χ3v) is 4.00. The van der Waals surface area contributed by atoms with Gasteiger partial charge in [0.15, 0.2) is 6.29 Å². The SMILES string of the molecule is C=C1CCCC2(C)CCOC(O)CC12. The van der Waals surface area contributed by atoms with E-state index in [-0.39, 0.29) is 0 Å². The highest BCUT2D eigenvalue weighted by Gasteiger charge is 2.41. The summed E-state index contributed by atoms with van der Waals surface area (Å²) in [6, 6.07) is 0. The number of hydrogen-bond acceptors (Lipinski definition) is 2. The smallest absolute Gasteiger partial charge is 0.155 e. The number of rotatable bonds is 0. The van der Waals surface area contributed by atoms with E-state index in [2.05, 4.69) is 13.5 Å². The number of allylic oxidation sites excluding steroid dienone is 1. The van der Waals surface area contributed by atoms with E-state index in [0.29, 0.717) is 17.9 Å². The molecule has 0 spiro atoms. The average molecular weight is 196 g/mol. The second-order valence-corrected chi connectivity index (χ2v) is 5.03. The van der Waals surface area contributed by atoms with Crippen molar-refractivity contribution in [2.75, 3.05) is 6.61 Å². The molecule has 1 saturated carbocycles. The number of aliphatic hydroxyl groups excluding tert-OH is 1. The molecule has 0 bridgehead atoms. The molecule has 80 valence electrons. The standard InChI is InChI=1S/C12H20O2/c1-9-4-3-5-12(2)6-7-14-11(13)8-10(9)12/h10-11,13H,1,3-8H2,2H3. The van der Waals surface area contributed by atoms with Crippen molar-refractivity contribution in [1.29, 1.82) is 0 Å². The van der Waals surface area contributed by atoms with Gasteiger partial charge in [0.2, 0.25) is 0 Å². The fourth-order valence-electron chi connectivity index (χ4n) is 3.01. The minimum Gasteiger partial charge on any atom is -0.368 e. The number of hydrogen-bond donors (Lipinski definition) is 1. The molecule has 14 heavy (non-hydrogen) atoms. The normalized spacial score (nSPS) is 44.3. The molecule has 1 N–H and O–H groups in total. The molecular weight excluding hydrogens is 176 g/mol. The molecule has 1 heterocycles. The molecule has 1 aliphatic carbocycles. The molecule has 1 aliphatic heterocycles. The summed E-state index contributed by atoms with van der Waals surface area (Å²) in [6.07, 6.45) is 4.88. The van der Waals surface area contributed by atoms with Crippen molar-refractivity contribution in [2.45, 2.75) is 45.3 Å². The van der Waals surface area contributed by atoms with Gasteiger partial charge in [-0.25, -0.2) is 0 Å². The zero-order chi connectivity index (χ0) is 10.2. The largest absolute Gasteiger partial charge is 0.368 e. The predicted molar refractivity (Wildman–Crippen MR) is 55.8 cm³/mol. The zero-order valence-electron chi connectivity index (χ0n) is 8.96. The highest BCUT2D eigenvalue weighted by atomic mass is 16.6. The van der Waals surface area contributed by atoms with E-state index in [4.69, 9.17) is 4.74 Å². The first-order valence-corrected chi connectivity index (χ1v) is 5.59. The fraction of sp³-hybridized carbons (Fsp3) is 0.833. The van der Waals surface area contributed by atoms with Crippen LogP contribution in [0.2, 0.25) is 0 Å². The Morgan fingerprint density at radius 3 is 3.07 bits per heavy atom. The van der Waals surface area contributed by atoms with Crippen molar-refractivity contribution >= 4 is 0 Å². The van der Waals surface area contributed by atoms with Gasteiger partial charge in [0, 0.05) is 6.42 Å². The van der Waals surface area contributed by atoms with Crippen LogP contribution in [-0.2, 0) is 4.74 Å². The van der Waals surface area contributed by atoms with Crippen molar-refractivity contribution in [1.82, 2.24) is 0 Å². The van der Waals surface area contributed by atoms with Crippen molar-refractivity contribution < 1.29 is 9.84 Å². The van der Waals surface area contributed by atoms with E-state index in [1.54, 1.807) is 0 Å². The van der Waals surface area contributed by atoms with Crippen molar-refractivity contribution in [3.63, 3.8) is 0 Å². The molecule has 0 radical (unpaired) electrons. The molecule has 2 aliphatic rings. The first kappa shape index (κ1) is 10.2. The molecule has 3 unspecified atom stereocenters. The van der Waals surface area contributed by atoms with Crippen LogP contribution >= 0.6 is 0 Å². The van der Waals surface area contributed by atoms with Gasteiger partial charge in [0.1, 0.15) is 0 Å². The Balaban J connectivity index is 2.20. The molecule has 0 aromatic carbocycles. The third-order valence-electron chi connectivity index (χ3n) is 4.00. The second kappa shape index (κ2) is 3.67. The quantitative estimate of drug-likeness (QED) is 0.603. The van der Waals surface area contributed by atoms with Gasteiger partial charge < -0.3 is 9.84 Å². The Morgan fingerprint density at radius 1 is 1.50 bits per heavy atom. The Hall–Kier alpha value is -0.340. The lowest BCUT2D eigenvalue weighted by atomic mass is 9.63. The molecule has 0 aromatic rings. The van der Waals surface area contributed by atoms with Crippen LogP contribution in [0, 0.1) is 11.3 Å². The van der Waals surface area contributed by atoms with Crippen LogP contribution in [0.5, 0.6) is 0 Å². The fourth-order valence-corrected chi connectivity index (χ4v) is 3.01.